The van der Waals surface area contributed by atoms with Crippen LogP contribution in [0.2, 0.25) is 0 Å². The van der Waals surface area contributed by atoms with Crippen LogP contribution in [0, 0.1) is 5.92 Å². The van der Waals surface area contributed by atoms with Crippen LogP contribution in [-0.2, 0) is 12.8 Å². The van der Waals surface area contributed by atoms with Gasteiger partial charge >= 0.3 is 0 Å². The third-order valence-corrected chi connectivity index (χ3v) is 3.30. The first-order valence-corrected chi connectivity index (χ1v) is 7.02. The van der Waals surface area contributed by atoms with Gasteiger partial charge in [-0.2, -0.15) is 0 Å². The van der Waals surface area contributed by atoms with E-state index in [4.69, 9.17) is 10.2 Å². The number of hydrogen-bond donors (Lipinski definition) is 1. The highest BCUT2D eigenvalue weighted by molar-refractivity contribution is 5.26. The first kappa shape index (κ1) is 13.9. The standard InChI is InChI=1S/C17H23NO/c1-13(2)11-14-5-3-6-15(12-14)17(18)9-8-16-7-4-10-19-16/h3-7,10,12-13,17H,8-9,11,18H2,1-2H3. The van der Waals surface area contributed by atoms with Crippen molar-refractivity contribution >= 4 is 0 Å². The number of nitrogens with two attached hydrogens (primary N) is 1. The molecule has 0 radical (unpaired) electrons. The van der Waals surface area contributed by atoms with Crippen LogP contribution in [-0.4, -0.2) is 0 Å². The molecule has 1 heterocycles. The summed E-state index contributed by atoms with van der Waals surface area (Å²) >= 11 is 0. The molecular weight excluding hydrogens is 234 g/mol. The molecule has 0 saturated heterocycles. The lowest BCUT2D eigenvalue weighted by Gasteiger charge is -2.13. The topological polar surface area (TPSA) is 39.2 Å². The second-order valence-electron chi connectivity index (χ2n) is 5.57. The number of hydrogen-bond acceptors (Lipinski definition) is 2. The fourth-order valence-corrected chi connectivity index (χ4v) is 2.34. The van der Waals surface area contributed by atoms with Gasteiger partial charge in [0, 0.05) is 12.5 Å². The van der Waals surface area contributed by atoms with Gasteiger partial charge in [-0.05, 0) is 42.0 Å². The molecule has 1 atom stereocenters. The van der Waals surface area contributed by atoms with Crippen LogP contribution < -0.4 is 5.73 Å². The zero-order valence-electron chi connectivity index (χ0n) is 11.8. The van der Waals surface area contributed by atoms with E-state index >= 15 is 0 Å². The molecule has 2 N–H and O–H groups in total. The average molecular weight is 257 g/mol. The van der Waals surface area contributed by atoms with Crippen molar-refractivity contribution < 1.29 is 4.42 Å². The Balaban J connectivity index is 1.96. The molecule has 0 amide bonds. The van der Waals surface area contributed by atoms with E-state index in [1.165, 1.54) is 11.1 Å². The van der Waals surface area contributed by atoms with Gasteiger partial charge in [-0.25, -0.2) is 0 Å². The Kier molecular flexibility index (Phi) is 4.80. The van der Waals surface area contributed by atoms with Crippen LogP contribution in [0.3, 0.4) is 0 Å². The maximum absolute atomic E-state index is 6.27. The van der Waals surface area contributed by atoms with Gasteiger partial charge in [0.2, 0.25) is 0 Å². The zero-order valence-corrected chi connectivity index (χ0v) is 11.8. The molecule has 1 unspecified atom stereocenters. The van der Waals surface area contributed by atoms with Crippen molar-refractivity contribution in [2.45, 2.75) is 39.2 Å². The fourth-order valence-electron chi connectivity index (χ4n) is 2.34. The molecular formula is C17H23NO. The normalized spacial score (nSPS) is 12.8. The Morgan fingerprint density at radius 2 is 2.00 bits per heavy atom. The lowest BCUT2D eigenvalue weighted by molar-refractivity contribution is 0.488. The summed E-state index contributed by atoms with van der Waals surface area (Å²) in [6, 6.07) is 12.7. The molecule has 2 heteroatoms. The van der Waals surface area contributed by atoms with E-state index in [-0.39, 0.29) is 6.04 Å². The fraction of sp³-hybridized carbons (Fsp3) is 0.412. The first-order valence-electron chi connectivity index (χ1n) is 7.02. The minimum Gasteiger partial charge on any atom is -0.469 e. The monoisotopic (exact) mass is 257 g/mol. The van der Waals surface area contributed by atoms with Gasteiger partial charge in [0.05, 0.1) is 6.26 Å². The number of aryl methyl sites for hydroxylation is 1. The summed E-state index contributed by atoms with van der Waals surface area (Å²) in [5.74, 6) is 1.68. The molecule has 1 aromatic carbocycles. The molecule has 0 spiro atoms. The van der Waals surface area contributed by atoms with Gasteiger partial charge in [-0.3, -0.25) is 0 Å². The summed E-state index contributed by atoms with van der Waals surface area (Å²) < 4.78 is 5.34. The molecule has 0 aliphatic rings. The summed E-state index contributed by atoms with van der Waals surface area (Å²) in [7, 11) is 0. The zero-order chi connectivity index (χ0) is 13.7. The minimum absolute atomic E-state index is 0.0808. The van der Waals surface area contributed by atoms with Crippen LogP contribution in [0.25, 0.3) is 0 Å². The van der Waals surface area contributed by atoms with E-state index in [0.717, 1.165) is 25.0 Å². The second kappa shape index (κ2) is 6.58. The highest BCUT2D eigenvalue weighted by Gasteiger charge is 2.08. The molecule has 0 fully saturated rings. The van der Waals surface area contributed by atoms with Crippen LogP contribution >= 0.6 is 0 Å². The van der Waals surface area contributed by atoms with Gasteiger partial charge < -0.3 is 10.2 Å². The van der Waals surface area contributed by atoms with E-state index in [1.54, 1.807) is 6.26 Å². The second-order valence-corrected chi connectivity index (χ2v) is 5.57. The average Bonchev–Trinajstić information content (AvgIpc) is 2.88. The van der Waals surface area contributed by atoms with E-state index in [9.17, 15) is 0 Å². The highest BCUT2D eigenvalue weighted by Crippen LogP contribution is 2.19. The number of rotatable bonds is 6. The van der Waals surface area contributed by atoms with E-state index in [2.05, 4.69) is 38.1 Å². The van der Waals surface area contributed by atoms with Crippen molar-refractivity contribution in [3.63, 3.8) is 0 Å². The molecule has 2 nitrogen and oxygen atoms in total. The van der Waals surface area contributed by atoms with Crippen LogP contribution in [0.15, 0.2) is 47.1 Å². The van der Waals surface area contributed by atoms with Crippen molar-refractivity contribution in [1.29, 1.82) is 0 Å². The van der Waals surface area contributed by atoms with Crippen molar-refractivity contribution in [1.82, 2.24) is 0 Å². The van der Waals surface area contributed by atoms with Gasteiger partial charge in [0.25, 0.3) is 0 Å². The summed E-state index contributed by atoms with van der Waals surface area (Å²) in [5.41, 5.74) is 8.87. The van der Waals surface area contributed by atoms with Gasteiger partial charge in [-0.15, -0.1) is 0 Å². The Labute approximate surface area is 115 Å². The van der Waals surface area contributed by atoms with Crippen molar-refractivity contribution in [2.75, 3.05) is 0 Å². The lowest BCUT2D eigenvalue weighted by atomic mass is 9.96. The Hall–Kier alpha value is -1.54. The van der Waals surface area contributed by atoms with Crippen LogP contribution in [0.5, 0.6) is 0 Å². The van der Waals surface area contributed by atoms with Gasteiger partial charge in [0.15, 0.2) is 0 Å². The summed E-state index contributed by atoms with van der Waals surface area (Å²) in [6.45, 7) is 4.48. The lowest BCUT2D eigenvalue weighted by Crippen LogP contribution is -2.11. The highest BCUT2D eigenvalue weighted by atomic mass is 16.3. The molecule has 2 rings (SSSR count). The van der Waals surface area contributed by atoms with Crippen molar-refractivity contribution in [3.05, 3.63) is 59.5 Å². The van der Waals surface area contributed by atoms with Crippen molar-refractivity contribution in [2.24, 2.45) is 11.7 Å². The third-order valence-electron chi connectivity index (χ3n) is 3.30. The molecule has 19 heavy (non-hydrogen) atoms. The largest absolute Gasteiger partial charge is 0.469 e. The molecule has 102 valence electrons. The SMILES string of the molecule is CC(C)Cc1cccc(C(N)CCc2ccco2)c1. The van der Waals surface area contributed by atoms with Crippen LogP contribution in [0.1, 0.15) is 43.2 Å². The molecule has 0 aliphatic carbocycles. The third kappa shape index (κ3) is 4.25. The Morgan fingerprint density at radius 3 is 2.68 bits per heavy atom. The summed E-state index contributed by atoms with van der Waals surface area (Å²) in [5, 5.41) is 0. The van der Waals surface area contributed by atoms with Crippen molar-refractivity contribution in [3.8, 4) is 0 Å². The molecule has 1 aromatic heterocycles. The van der Waals surface area contributed by atoms with E-state index in [1.807, 2.05) is 12.1 Å². The molecule has 0 bridgehead atoms. The number of furan rings is 1. The quantitative estimate of drug-likeness (QED) is 0.845. The molecule has 0 aliphatic heterocycles. The molecule has 2 aromatic rings. The predicted octanol–water partition coefficient (Wildman–Crippen LogP) is 4.11. The maximum Gasteiger partial charge on any atom is 0.103 e. The van der Waals surface area contributed by atoms with Crippen LogP contribution in [0.4, 0.5) is 0 Å². The van der Waals surface area contributed by atoms with E-state index in [0.29, 0.717) is 5.92 Å². The maximum atomic E-state index is 6.27. The summed E-state index contributed by atoms with van der Waals surface area (Å²) in [4.78, 5) is 0. The Bertz CT molecular complexity index is 488. The molecule has 0 saturated carbocycles. The first-order chi connectivity index (χ1) is 9.15. The minimum atomic E-state index is 0.0808. The van der Waals surface area contributed by atoms with E-state index < -0.39 is 0 Å². The Morgan fingerprint density at radius 1 is 1.16 bits per heavy atom. The smallest absolute Gasteiger partial charge is 0.103 e. The van der Waals surface area contributed by atoms with Gasteiger partial charge in [-0.1, -0.05) is 38.1 Å². The predicted molar refractivity (Wildman–Crippen MR) is 78.9 cm³/mol. The number of benzene rings is 1. The van der Waals surface area contributed by atoms with Gasteiger partial charge in [0.1, 0.15) is 5.76 Å². The summed E-state index contributed by atoms with van der Waals surface area (Å²) in [6.07, 6.45) is 4.63.